The first-order valence-corrected chi connectivity index (χ1v) is 3.84. The summed E-state index contributed by atoms with van der Waals surface area (Å²) in [5.41, 5.74) is -0.0747. The highest BCUT2D eigenvalue weighted by Crippen LogP contribution is 2.14. The monoisotopic (exact) mass is 144 g/mol. The summed E-state index contributed by atoms with van der Waals surface area (Å²) >= 11 is 0. The van der Waals surface area contributed by atoms with Crippen LogP contribution >= 0.6 is 0 Å². The summed E-state index contributed by atoms with van der Waals surface area (Å²) in [4.78, 5) is 0. The summed E-state index contributed by atoms with van der Waals surface area (Å²) in [7, 11) is 1.76. The molecule has 60 valence electrons. The van der Waals surface area contributed by atoms with Crippen molar-refractivity contribution in [1.82, 2.24) is 10.6 Å². The first-order valence-electron chi connectivity index (χ1n) is 3.84. The van der Waals surface area contributed by atoms with Crippen LogP contribution in [0, 0.1) is 0 Å². The first kappa shape index (κ1) is 7.98. The predicted octanol–water partition coefficient (Wildman–Crippen LogP) is -0.0681. The van der Waals surface area contributed by atoms with Gasteiger partial charge in [0.15, 0.2) is 0 Å². The highest BCUT2D eigenvalue weighted by molar-refractivity contribution is 4.86. The fourth-order valence-corrected chi connectivity index (χ4v) is 1.39. The van der Waals surface area contributed by atoms with Crippen molar-refractivity contribution in [3.05, 3.63) is 0 Å². The third kappa shape index (κ3) is 1.48. The third-order valence-electron chi connectivity index (χ3n) is 2.01. The Labute approximate surface area is 62.1 Å². The van der Waals surface area contributed by atoms with Crippen LogP contribution in [-0.2, 0) is 4.74 Å². The molecule has 0 bridgehead atoms. The van der Waals surface area contributed by atoms with Crippen LogP contribution in [0.3, 0.4) is 0 Å². The smallest absolute Gasteiger partial charge is 0.132 e. The van der Waals surface area contributed by atoms with Gasteiger partial charge >= 0.3 is 0 Å². The standard InChI is InChI=1S/C7H16N2O/c1-3-9-7(10-2)4-5-8-6-7/h8-9H,3-6H2,1-2H3. The number of hydrogen-bond donors (Lipinski definition) is 2. The average Bonchev–Trinajstić information content (AvgIpc) is 2.39. The number of rotatable bonds is 3. The maximum absolute atomic E-state index is 5.37. The topological polar surface area (TPSA) is 33.3 Å². The number of likely N-dealkylation sites (N-methyl/N-ethyl adjacent to an activating group) is 1. The molecule has 0 amide bonds. The zero-order valence-electron chi connectivity index (χ0n) is 6.74. The molecule has 1 atom stereocenters. The van der Waals surface area contributed by atoms with E-state index in [1.54, 1.807) is 7.11 Å². The van der Waals surface area contributed by atoms with Crippen LogP contribution in [0.25, 0.3) is 0 Å². The molecule has 1 saturated heterocycles. The highest BCUT2D eigenvalue weighted by Gasteiger charge is 2.31. The summed E-state index contributed by atoms with van der Waals surface area (Å²) in [5.74, 6) is 0. The van der Waals surface area contributed by atoms with Gasteiger partial charge in [-0.15, -0.1) is 0 Å². The Balaban J connectivity index is 2.41. The third-order valence-corrected chi connectivity index (χ3v) is 2.01. The molecular weight excluding hydrogens is 128 g/mol. The van der Waals surface area contributed by atoms with Gasteiger partial charge in [-0.25, -0.2) is 0 Å². The lowest BCUT2D eigenvalue weighted by Gasteiger charge is -2.27. The van der Waals surface area contributed by atoms with E-state index in [4.69, 9.17) is 4.74 Å². The Morgan fingerprint density at radius 3 is 2.90 bits per heavy atom. The lowest BCUT2D eigenvalue weighted by Crippen LogP contribution is -2.48. The average molecular weight is 144 g/mol. The maximum Gasteiger partial charge on any atom is 0.132 e. The summed E-state index contributed by atoms with van der Waals surface area (Å²) in [6.45, 7) is 5.05. The largest absolute Gasteiger partial charge is 0.362 e. The molecule has 0 aliphatic carbocycles. The lowest BCUT2D eigenvalue weighted by molar-refractivity contribution is -0.0205. The van der Waals surface area contributed by atoms with E-state index in [1.807, 2.05) is 0 Å². The molecule has 0 saturated carbocycles. The normalized spacial score (nSPS) is 33.0. The molecule has 1 heterocycles. The van der Waals surface area contributed by atoms with E-state index in [0.29, 0.717) is 0 Å². The number of nitrogens with one attached hydrogen (secondary N) is 2. The predicted molar refractivity (Wildman–Crippen MR) is 40.9 cm³/mol. The van der Waals surface area contributed by atoms with Gasteiger partial charge < -0.3 is 10.1 Å². The second-order valence-electron chi connectivity index (χ2n) is 2.66. The number of methoxy groups -OCH3 is 1. The van der Waals surface area contributed by atoms with Crippen molar-refractivity contribution in [2.24, 2.45) is 0 Å². The Kier molecular flexibility index (Phi) is 2.65. The second-order valence-corrected chi connectivity index (χ2v) is 2.66. The van der Waals surface area contributed by atoms with Crippen LogP contribution in [0.5, 0.6) is 0 Å². The minimum absolute atomic E-state index is 0.0747. The Morgan fingerprint density at radius 1 is 1.70 bits per heavy atom. The van der Waals surface area contributed by atoms with Gasteiger partial charge in [-0.05, 0) is 13.1 Å². The van der Waals surface area contributed by atoms with Crippen LogP contribution in [0.4, 0.5) is 0 Å². The fraction of sp³-hybridized carbons (Fsp3) is 1.00. The lowest BCUT2D eigenvalue weighted by atomic mass is 10.2. The van der Waals surface area contributed by atoms with Crippen molar-refractivity contribution in [2.75, 3.05) is 26.7 Å². The highest BCUT2D eigenvalue weighted by atomic mass is 16.5. The molecule has 0 aromatic carbocycles. The van der Waals surface area contributed by atoms with Gasteiger partial charge in [0, 0.05) is 20.1 Å². The van der Waals surface area contributed by atoms with Gasteiger partial charge in [0.25, 0.3) is 0 Å². The molecule has 3 heteroatoms. The molecule has 1 fully saturated rings. The van der Waals surface area contributed by atoms with E-state index in [9.17, 15) is 0 Å². The molecule has 2 N–H and O–H groups in total. The van der Waals surface area contributed by atoms with Crippen LogP contribution < -0.4 is 10.6 Å². The van der Waals surface area contributed by atoms with Gasteiger partial charge in [0.05, 0.1) is 0 Å². The summed E-state index contributed by atoms with van der Waals surface area (Å²) in [5, 5.41) is 6.58. The van der Waals surface area contributed by atoms with E-state index in [-0.39, 0.29) is 5.72 Å². The van der Waals surface area contributed by atoms with Crippen molar-refractivity contribution in [1.29, 1.82) is 0 Å². The molecule has 1 rings (SSSR count). The summed E-state index contributed by atoms with van der Waals surface area (Å²) in [6, 6.07) is 0. The molecule has 0 aromatic rings. The molecule has 0 aromatic heterocycles. The molecule has 1 aliphatic rings. The van der Waals surface area contributed by atoms with Gasteiger partial charge in [-0.2, -0.15) is 0 Å². The molecular formula is C7H16N2O. The van der Waals surface area contributed by atoms with E-state index in [0.717, 1.165) is 26.1 Å². The number of hydrogen-bond acceptors (Lipinski definition) is 3. The van der Waals surface area contributed by atoms with Crippen LogP contribution in [0.1, 0.15) is 13.3 Å². The molecule has 1 unspecified atom stereocenters. The Hall–Kier alpha value is -0.120. The quantitative estimate of drug-likeness (QED) is 0.544. The van der Waals surface area contributed by atoms with Crippen LogP contribution in [-0.4, -0.2) is 32.5 Å². The second kappa shape index (κ2) is 3.32. The Bertz CT molecular complexity index is 99.8. The van der Waals surface area contributed by atoms with Crippen molar-refractivity contribution in [3.63, 3.8) is 0 Å². The summed E-state index contributed by atoms with van der Waals surface area (Å²) < 4.78 is 5.37. The molecule has 1 aliphatic heterocycles. The van der Waals surface area contributed by atoms with E-state index in [1.165, 1.54) is 0 Å². The maximum atomic E-state index is 5.37. The van der Waals surface area contributed by atoms with E-state index >= 15 is 0 Å². The first-order chi connectivity index (χ1) is 4.83. The van der Waals surface area contributed by atoms with E-state index in [2.05, 4.69) is 17.6 Å². The van der Waals surface area contributed by atoms with Crippen molar-refractivity contribution in [2.45, 2.75) is 19.1 Å². The Morgan fingerprint density at radius 2 is 2.50 bits per heavy atom. The van der Waals surface area contributed by atoms with Gasteiger partial charge in [-0.1, -0.05) is 6.92 Å². The molecule has 0 radical (unpaired) electrons. The van der Waals surface area contributed by atoms with Crippen LogP contribution in [0.2, 0.25) is 0 Å². The fourth-order valence-electron chi connectivity index (χ4n) is 1.39. The molecule has 0 spiro atoms. The molecule has 10 heavy (non-hydrogen) atoms. The van der Waals surface area contributed by atoms with Gasteiger partial charge in [-0.3, -0.25) is 5.32 Å². The zero-order chi connectivity index (χ0) is 7.45. The summed E-state index contributed by atoms with van der Waals surface area (Å²) in [6.07, 6.45) is 1.07. The minimum atomic E-state index is -0.0747. The van der Waals surface area contributed by atoms with Crippen molar-refractivity contribution < 1.29 is 4.74 Å². The molecule has 3 nitrogen and oxygen atoms in total. The minimum Gasteiger partial charge on any atom is -0.362 e. The van der Waals surface area contributed by atoms with Crippen molar-refractivity contribution in [3.8, 4) is 0 Å². The van der Waals surface area contributed by atoms with Crippen molar-refractivity contribution >= 4 is 0 Å². The zero-order valence-corrected chi connectivity index (χ0v) is 6.74. The van der Waals surface area contributed by atoms with E-state index < -0.39 is 0 Å². The number of ether oxygens (including phenoxy) is 1. The van der Waals surface area contributed by atoms with Gasteiger partial charge in [0.1, 0.15) is 5.72 Å². The van der Waals surface area contributed by atoms with Crippen LogP contribution in [0.15, 0.2) is 0 Å². The van der Waals surface area contributed by atoms with Gasteiger partial charge in [0.2, 0.25) is 0 Å². The SMILES string of the molecule is CCNC1(OC)CCNC1.